The number of hydrogen-bond donors (Lipinski definition) is 1. The first-order valence-electron chi connectivity index (χ1n) is 9.81. The van der Waals surface area contributed by atoms with Crippen molar-refractivity contribution in [3.63, 3.8) is 0 Å². The van der Waals surface area contributed by atoms with Crippen molar-refractivity contribution in [2.75, 3.05) is 59.5 Å². The normalized spacial score (nSPS) is 12.1. The van der Waals surface area contributed by atoms with E-state index in [-0.39, 0.29) is 31.5 Å². The van der Waals surface area contributed by atoms with Crippen LogP contribution in [0, 0.1) is 5.92 Å². The van der Waals surface area contributed by atoms with Gasteiger partial charge in [0.05, 0.1) is 65.2 Å². The van der Waals surface area contributed by atoms with Crippen LogP contribution in [0.3, 0.4) is 0 Å². The van der Waals surface area contributed by atoms with Gasteiger partial charge in [0.25, 0.3) is 0 Å². The van der Waals surface area contributed by atoms with Crippen LogP contribution in [-0.2, 0) is 33.3 Å². The van der Waals surface area contributed by atoms with Crippen LogP contribution >= 0.6 is 0 Å². The molecule has 160 valence electrons. The molecule has 8 nitrogen and oxygen atoms in total. The topological polar surface area (TPSA) is 101 Å². The van der Waals surface area contributed by atoms with Gasteiger partial charge >= 0.3 is 11.9 Å². The summed E-state index contributed by atoms with van der Waals surface area (Å²) in [7, 11) is 0. The minimum atomic E-state index is -0.873. The van der Waals surface area contributed by atoms with Crippen molar-refractivity contribution in [2.24, 2.45) is 5.92 Å². The molecular weight excluding hydrogens is 356 g/mol. The van der Waals surface area contributed by atoms with Gasteiger partial charge in [0.1, 0.15) is 6.61 Å². The number of rotatable bonds is 20. The Bertz CT molecular complexity index is 362. The van der Waals surface area contributed by atoms with Gasteiger partial charge in [-0.15, -0.1) is 0 Å². The summed E-state index contributed by atoms with van der Waals surface area (Å²) in [6, 6.07) is 0. The van der Waals surface area contributed by atoms with E-state index in [1.807, 2.05) is 6.92 Å². The van der Waals surface area contributed by atoms with E-state index in [1.54, 1.807) is 0 Å². The molecule has 0 bridgehead atoms. The lowest BCUT2D eigenvalue weighted by atomic mass is 10.00. The monoisotopic (exact) mass is 392 g/mol. The van der Waals surface area contributed by atoms with Gasteiger partial charge in [-0.05, 0) is 12.8 Å². The molecule has 0 rings (SSSR count). The number of carboxylic acid groups (broad SMARTS) is 1. The number of ether oxygens (including phenoxy) is 5. The molecule has 0 saturated carbocycles. The summed E-state index contributed by atoms with van der Waals surface area (Å²) >= 11 is 0. The first-order valence-corrected chi connectivity index (χ1v) is 9.81. The summed E-state index contributed by atoms with van der Waals surface area (Å²) in [6.07, 6.45) is 3.82. The predicted octanol–water partition coefficient (Wildman–Crippen LogP) is 2.29. The van der Waals surface area contributed by atoms with Crippen molar-refractivity contribution in [1.82, 2.24) is 0 Å². The summed E-state index contributed by atoms with van der Waals surface area (Å²) in [6.45, 7) is 7.48. The summed E-state index contributed by atoms with van der Waals surface area (Å²) < 4.78 is 26.3. The van der Waals surface area contributed by atoms with E-state index in [0.717, 1.165) is 25.7 Å². The van der Waals surface area contributed by atoms with Gasteiger partial charge in [0.2, 0.25) is 0 Å². The Kier molecular flexibility index (Phi) is 18.7. The standard InChI is InChI=1S/C19H36O8/c1-3-5-6-17(4-2)19(22)27-16-15-26-14-13-25-12-11-24-10-9-23-8-7-18(20)21/h17H,3-16H2,1-2H3,(H,20,21). The third-order valence-corrected chi connectivity index (χ3v) is 3.78. The Morgan fingerprint density at radius 2 is 1.26 bits per heavy atom. The molecule has 0 fully saturated rings. The van der Waals surface area contributed by atoms with Crippen LogP contribution in [0.5, 0.6) is 0 Å². The minimum absolute atomic E-state index is 0.000351. The van der Waals surface area contributed by atoms with E-state index in [9.17, 15) is 9.59 Å². The molecule has 0 aliphatic carbocycles. The molecule has 1 unspecified atom stereocenters. The second kappa shape index (κ2) is 19.5. The number of carbonyl (C=O) groups is 2. The first kappa shape index (κ1) is 25.8. The Morgan fingerprint density at radius 1 is 0.778 bits per heavy atom. The van der Waals surface area contributed by atoms with E-state index in [1.165, 1.54) is 0 Å². The summed E-state index contributed by atoms with van der Waals surface area (Å²) in [5.41, 5.74) is 0. The summed E-state index contributed by atoms with van der Waals surface area (Å²) in [5.74, 6) is -1.01. The highest BCUT2D eigenvalue weighted by Gasteiger charge is 2.16. The van der Waals surface area contributed by atoms with Gasteiger partial charge in [-0.25, -0.2) is 0 Å². The van der Waals surface area contributed by atoms with Gasteiger partial charge in [-0.2, -0.15) is 0 Å². The molecule has 8 heteroatoms. The lowest BCUT2D eigenvalue weighted by Gasteiger charge is -2.13. The molecular formula is C19H36O8. The molecule has 0 spiro atoms. The maximum atomic E-state index is 11.9. The zero-order valence-corrected chi connectivity index (χ0v) is 16.8. The van der Waals surface area contributed by atoms with E-state index < -0.39 is 5.97 Å². The smallest absolute Gasteiger partial charge is 0.308 e. The number of esters is 1. The number of hydrogen-bond acceptors (Lipinski definition) is 7. The molecule has 0 aliphatic heterocycles. The van der Waals surface area contributed by atoms with Gasteiger partial charge in [-0.1, -0.05) is 26.7 Å². The molecule has 1 atom stereocenters. The van der Waals surface area contributed by atoms with Crippen LogP contribution in [0.2, 0.25) is 0 Å². The number of carboxylic acids is 1. The maximum Gasteiger partial charge on any atom is 0.308 e. The molecule has 0 aliphatic rings. The molecule has 0 radical (unpaired) electrons. The number of carbonyl (C=O) groups excluding carboxylic acids is 1. The second-order valence-corrected chi connectivity index (χ2v) is 6.01. The van der Waals surface area contributed by atoms with Crippen LogP contribution in [0.25, 0.3) is 0 Å². The largest absolute Gasteiger partial charge is 0.481 e. The lowest BCUT2D eigenvalue weighted by molar-refractivity contribution is -0.150. The lowest BCUT2D eigenvalue weighted by Crippen LogP contribution is -2.20. The van der Waals surface area contributed by atoms with Gasteiger partial charge in [-0.3, -0.25) is 9.59 Å². The third kappa shape index (κ3) is 17.9. The average Bonchev–Trinajstić information content (AvgIpc) is 2.65. The van der Waals surface area contributed by atoms with Crippen LogP contribution in [0.4, 0.5) is 0 Å². The summed E-state index contributed by atoms with van der Waals surface area (Å²) in [4.78, 5) is 22.1. The zero-order chi connectivity index (χ0) is 20.2. The van der Waals surface area contributed by atoms with Crippen LogP contribution in [-0.4, -0.2) is 76.5 Å². The number of aliphatic carboxylic acids is 1. The Labute approximate surface area is 162 Å². The van der Waals surface area contributed by atoms with Crippen molar-refractivity contribution >= 4 is 11.9 Å². The highest BCUT2D eigenvalue weighted by molar-refractivity contribution is 5.72. The van der Waals surface area contributed by atoms with Crippen molar-refractivity contribution in [3.8, 4) is 0 Å². The molecule has 0 aromatic carbocycles. The summed E-state index contributed by atoms with van der Waals surface area (Å²) in [5, 5.41) is 8.43. The molecule has 27 heavy (non-hydrogen) atoms. The van der Waals surface area contributed by atoms with E-state index in [0.29, 0.717) is 46.2 Å². The van der Waals surface area contributed by atoms with Crippen LogP contribution < -0.4 is 0 Å². The average molecular weight is 392 g/mol. The highest BCUT2D eigenvalue weighted by atomic mass is 16.6. The van der Waals surface area contributed by atoms with Crippen molar-refractivity contribution in [1.29, 1.82) is 0 Å². The molecule has 0 aromatic rings. The quantitative estimate of drug-likeness (QED) is 0.249. The van der Waals surface area contributed by atoms with Crippen molar-refractivity contribution < 1.29 is 38.4 Å². The fraction of sp³-hybridized carbons (Fsp3) is 0.895. The van der Waals surface area contributed by atoms with Gasteiger partial charge in [0, 0.05) is 0 Å². The van der Waals surface area contributed by atoms with Crippen LogP contribution in [0.15, 0.2) is 0 Å². The molecule has 0 amide bonds. The minimum Gasteiger partial charge on any atom is -0.481 e. The molecule has 0 heterocycles. The molecule has 1 N–H and O–H groups in total. The fourth-order valence-corrected chi connectivity index (χ4v) is 2.18. The Balaban J connectivity index is 3.28. The Hall–Kier alpha value is -1.22. The highest BCUT2D eigenvalue weighted by Crippen LogP contribution is 2.14. The van der Waals surface area contributed by atoms with Crippen molar-refractivity contribution in [3.05, 3.63) is 0 Å². The second-order valence-electron chi connectivity index (χ2n) is 6.01. The molecule has 0 aromatic heterocycles. The van der Waals surface area contributed by atoms with Gasteiger partial charge < -0.3 is 28.8 Å². The Morgan fingerprint density at radius 3 is 1.70 bits per heavy atom. The molecule has 0 saturated heterocycles. The SMILES string of the molecule is CCCCC(CC)C(=O)OCCOCCOCCOCCOCCC(=O)O. The third-order valence-electron chi connectivity index (χ3n) is 3.78. The van der Waals surface area contributed by atoms with Crippen molar-refractivity contribution in [2.45, 2.75) is 46.0 Å². The number of unbranched alkanes of at least 4 members (excludes halogenated alkanes) is 1. The van der Waals surface area contributed by atoms with Crippen LogP contribution in [0.1, 0.15) is 46.0 Å². The maximum absolute atomic E-state index is 11.9. The van der Waals surface area contributed by atoms with E-state index in [2.05, 4.69) is 6.92 Å². The predicted molar refractivity (Wildman–Crippen MR) is 99.8 cm³/mol. The zero-order valence-electron chi connectivity index (χ0n) is 16.8. The first-order chi connectivity index (χ1) is 13.1. The fourth-order valence-electron chi connectivity index (χ4n) is 2.18. The van der Waals surface area contributed by atoms with E-state index >= 15 is 0 Å². The van der Waals surface area contributed by atoms with E-state index in [4.69, 9.17) is 28.8 Å². The van der Waals surface area contributed by atoms with Gasteiger partial charge in [0.15, 0.2) is 0 Å².